The zero-order valence-corrected chi connectivity index (χ0v) is 15.2. The third-order valence-electron chi connectivity index (χ3n) is 4.32. The van der Waals surface area contributed by atoms with Gasteiger partial charge in [-0.05, 0) is 42.7 Å². The number of para-hydroxylation sites is 1. The number of fused-ring (bicyclic) bond motifs is 1. The molecule has 2 aromatic carbocycles. The van der Waals surface area contributed by atoms with Crippen LogP contribution in [-0.4, -0.2) is 30.9 Å². The van der Waals surface area contributed by atoms with Crippen molar-refractivity contribution in [2.24, 2.45) is 0 Å². The van der Waals surface area contributed by atoms with Crippen LogP contribution in [0.1, 0.15) is 18.1 Å². The van der Waals surface area contributed by atoms with Crippen LogP contribution in [0.25, 0.3) is 10.9 Å². The molecule has 1 aromatic heterocycles. The van der Waals surface area contributed by atoms with Gasteiger partial charge in [-0.25, -0.2) is 4.79 Å². The van der Waals surface area contributed by atoms with Crippen molar-refractivity contribution in [2.45, 2.75) is 19.9 Å². The molecular weight excluding hydrogens is 328 g/mol. The molecule has 5 heteroatoms. The summed E-state index contributed by atoms with van der Waals surface area (Å²) >= 11 is 0. The van der Waals surface area contributed by atoms with Crippen LogP contribution in [0.4, 0.5) is 4.79 Å². The molecule has 0 aliphatic heterocycles. The molecule has 1 heterocycles. The smallest absolute Gasteiger partial charge is 0.407 e. The van der Waals surface area contributed by atoms with Crippen LogP contribution in [0.2, 0.25) is 0 Å². The van der Waals surface area contributed by atoms with E-state index in [1.165, 1.54) is 22.0 Å². The van der Waals surface area contributed by atoms with Gasteiger partial charge < -0.3 is 19.4 Å². The Labute approximate surface area is 153 Å². The van der Waals surface area contributed by atoms with Gasteiger partial charge >= 0.3 is 6.09 Å². The van der Waals surface area contributed by atoms with Crippen molar-refractivity contribution >= 4 is 17.0 Å². The lowest BCUT2D eigenvalue weighted by Gasteiger charge is -2.06. The molecule has 0 aliphatic rings. The van der Waals surface area contributed by atoms with Crippen molar-refractivity contribution in [1.29, 1.82) is 0 Å². The van der Waals surface area contributed by atoms with Crippen molar-refractivity contribution in [2.75, 3.05) is 20.3 Å². The molecule has 26 heavy (non-hydrogen) atoms. The van der Waals surface area contributed by atoms with Crippen LogP contribution >= 0.6 is 0 Å². The topological polar surface area (TPSA) is 52.5 Å². The summed E-state index contributed by atoms with van der Waals surface area (Å²) in [4.78, 5) is 11.4. The average Bonchev–Trinajstić information content (AvgIpc) is 3.00. The van der Waals surface area contributed by atoms with Gasteiger partial charge in [-0.1, -0.05) is 30.3 Å². The first-order valence-electron chi connectivity index (χ1n) is 8.81. The first-order chi connectivity index (χ1) is 12.7. The number of carbonyl (C=O) groups is 1. The molecule has 0 saturated heterocycles. The molecule has 0 atom stereocenters. The van der Waals surface area contributed by atoms with Crippen molar-refractivity contribution in [1.82, 2.24) is 9.88 Å². The number of aromatic nitrogens is 1. The van der Waals surface area contributed by atoms with Crippen molar-refractivity contribution in [3.63, 3.8) is 0 Å². The van der Waals surface area contributed by atoms with Gasteiger partial charge in [-0.3, -0.25) is 0 Å². The third-order valence-corrected chi connectivity index (χ3v) is 4.32. The monoisotopic (exact) mass is 352 g/mol. The fourth-order valence-electron chi connectivity index (χ4n) is 3.06. The summed E-state index contributed by atoms with van der Waals surface area (Å²) in [5, 5.41) is 4.00. The Morgan fingerprint density at radius 1 is 1.12 bits per heavy atom. The van der Waals surface area contributed by atoms with E-state index in [1.807, 2.05) is 24.3 Å². The predicted octanol–water partition coefficient (Wildman–Crippen LogP) is 3.99. The first-order valence-corrected chi connectivity index (χ1v) is 8.81. The fourth-order valence-corrected chi connectivity index (χ4v) is 3.06. The number of benzene rings is 2. The number of nitrogens with one attached hydrogen (secondary N) is 1. The number of hydrogen-bond acceptors (Lipinski definition) is 3. The Bertz CT molecular complexity index is 869. The van der Waals surface area contributed by atoms with E-state index >= 15 is 0 Å². The minimum atomic E-state index is -0.366. The van der Waals surface area contributed by atoms with Crippen LogP contribution in [-0.2, 0) is 17.7 Å². The maximum Gasteiger partial charge on any atom is 0.407 e. The molecule has 1 N–H and O–H groups in total. The number of hydrogen-bond donors (Lipinski definition) is 1. The highest BCUT2D eigenvalue weighted by molar-refractivity contribution is 5.84. The SMILES string of the molecule is CCOC(=O)NCCc1cn(Cc2ccc(OC)cc2)c2ccccc12. The van der Waals surface area contributed by atoms with Gasteiger partial charge in [0.05, 0.1) is 13.7 Å². The largest absolute Gasteiger partial charge is 0.497 e. The van der Waals surface area contributed by atoms with E-state index in [-0.39, 0.29) is 6.09 Å². The van der Waals surface area contributed by atoms with Crippen LogP contribution in [0.3, 0.4) is 0 Å². The van der Waals surface area contributed by atoms with Crippen molar-refractivity contribution in [3.8, 4) is 5.75 Å². The Morgan fingerprint density at radius 2 is 1.88 bits per heavy atom. The van der Waals surface area contributed by atoms with Crippen molar-refractivity contribution < 1.29 is 14.3 Å². The Kier molecular flexibility index (Phi) is 5.79. The summed E-state index contributed by atoms with van der Waals surface area (Å²) in [5.41, 5.74) is 3.61. The number of amides is 1. The van der Waals surface area contributed by atoms with Gasteiger partial charge in [-0.2, -0.15) is 0 Å². The van der Waals surface area contributed by atoms with Crippen LogP contribution < -0.4 is 10.1 Å². The normalized spacial score (nSPS) is 10.7. The van der Waals surface area contributed by atoms with Crippen LogP contribution in [0, 0.1) is 0 Å². The molecule has 1 amide bonds. The highest BCUT2D eigenvalue weighted by Gasteiger charge is 2.09. The van der Waals surface area contributed by atoms with E-state index in [0.29, 0.717) is 13.2 Å². The zero-order valence-electron chi connectivity index (χ0n) is 15.2. The standard InChI is InChI=1S/C21H24N2O3/c1-3-26-21(24)22-13-12-17-15-23(20-7-5-4-6-19(17)20)14-16-8-10-18(25-2)11-9-16/h4-11,15H,3,12-14H2,1-2H3,(H,22,24). The van der Waals surface area contributed by atoms with Crippen LogP contribution in [0.15, 0.2) is 54.7 Å². The second-order valence-electron chi connectivity index (χ2n) is 6.04. The van der Waals surface area contributed by atoms with Crippen molar-refractivity contribution in [3.05, 3.63) is 65.9 Å². The van der Waals surface area contributed by atoms with E-state index in [0.717, 1.165) is 18.7 Å². The summed E-state index contributed by atoms with van der Waals surface area (Å²) in [7, 11) is 1.67. The van der Waals surface area contributed by atoms with E-state index in [9.17, 15) is 4.79 Å². The second-order valence-corrected chi connectivity index (χ2v) is 6.04. The highest BCUT2D eigenvalue weighted by atomic mass is 16.5. The van der Waals surface area contributed by atoms with Gasteiger partial charge in [0.2, 0.25) is 0 Å². The number of nitrogens with zero attached hydrogens (tertiary/aromatic N) is 1. The molecule has 3 rings (SSSR count). The summed E-state index contributed by atoms with van der Waals surface area (Å²) < 4.78 is 12.4. The maximum absolute atomic E-state index is 11.4. The first kappa shape index (κ1) is 17.9. The lowest BCUT2D eigenvalue weighted by Crippen LogP contribution is -2.26. The number of carbonyl (C=O) groups excluding carboxylic acids is 1. The highest BCUT2D eigenvalue weighted by Crippen LogP contribution is 2.23. The number of alkyl carbamates (subject to hydrolysis) is 1. The Morgan fingerprint density at radius 3 is 2.62 bits per heavy atom. The molecule has 0 unspecified atom stereocenters. The molecular formula is C21H24N2O3. The quantitative estimate of drug-likeness (QED) is 0.699. The summed E-state index contributed by atoms with van der Waals surface area (Å²) in [6, 6.07) is 16.5. The molecule has 136 valence electrons. The molecule has 0 saturated carbocycles. The minimum absolute atomic E-state index is 0.366. The van der Waals surface area contributed by atoms with E-state index < -0.39 is 0 Å². The second kappa shape index (κ2) is 8.43. The summed E-state index contributed by atoms with van der Waals surface area (Å²) in [6.45, 7) is 3.52. The third kappa shape index (κ3) is 4.17. The number of ether oxygens (including phenoxy) is 2. The average molecular weight is 352 g/mol. The Hall–Kier alpha value is -2.95. The van der Waals surface area contributed by atoms with Gasteiger partial charge in [0.1, 0.15) is 5.75 Å². The van der Waals surface area contributed by atoms with Gasteiger partial charge in [-0.15, -0.1) is 0 Å². The predicted molar refractivity (Wildman–Crippen MR) is 103 cm³/mol. The molecule has 0 aliphatic carbocycles. The molecule has 0 bridgehead atoms. The Balaban J connectivity index is 1.76. The minimum Gasteiger partial charge on any atom is -0.497 e. The maximum atomic E-state index is 11.4. The molecule has 5 nitrogen and oxygen atoms in total. The lowest BCUT2D eigenvalue weighted by molar-refractivity contribution is 0.152. The van der Waals surface area contributed by atoms with E-state index in [4.69, 9.17) is 9.47 Å². The lowest BCUT2D eigenvalue weighted by atomic mass is 10.1. The molecule has 3 aromatic rings. The molecule has 0 radical (unpaired) electrons. The zero-order chi connectivity index (χ0) is 18.4. The summed E-state index contributed by atoms with van der Waals surface area (Å²) in [6.07, 6.45) is 2.56. The van der Waals surface area contributed by atoms with Crippen LogP contribution in [0.5, 0.6) is 5.75 Å². The van der Waals surface area contributed by atoms with E-state index in [2.05, 4.69) is 40.3 Å². The molecule has 0 spiro atoms. The van der Waals surface area contributed by atoms with E-state index in [1.54, 1.807) is 14.0 Å². The van der Waals surface area contributed by atoms with Gasteiger partial charge in [0.25, 0.3) is 0 Å². The van der Waals surface area contributed by atoms with Gasteiger partial charge in [0.15, 0.2) is 0 Å². The number of rotatable bonds is 7. The summed E-state index contributed by atoms with van der Waals surface area (Å²) in [5.74, 6) is 0.858. The van der Waals surface area contributed by atoms with Gasteiger partial charge in [0, 0.05) is 30.2 Å². The number of methoxy groups -OCH3 is 1. The fraction of sp³-hybridized carbons (Fsp3) is 0.286. The molecule has 0 fully saturated rings.